The van der Waals surface area contributed by atoms with Gasteiger partial charge in [0.05, 0.1) is 25.5 Å². The van der Waals surface area contributed by atoms with E-state index in [0.717, 1.165) is 28.0 Å². The fourth-order valence-corrected chi connectivity index (χ4v) is 4.41. The fraction of sp³-hybridized carbons (Fsp3) is 0.217. The van der Waals surface area contributed by atoms with E-state index in [4.69, 9.17) is 9.15 Å². The Morgan fingerprint density at radius 3 is 2.66 bits per heavy atom. The Bertz CT molecular complexity index is 1180. The van der Waals surface area contributed by atoms with Gasteiger partial charge in [-0.25, -0.2) is 4.98 Å². The minimum Gasteiger partial charge on any atom is -0.497 e. The van der Waals surface area contributed by atoms with E-state index in [1.54, 1.807) is 13.4 Å². The summed E-state index contributed by atoms with van der Waals surface area (Å²) < 4.78 is 10.8. The minimum atomic E-state index is -0.123. The molecular weight excluding hydrogens is 384 g/mol. The lowest BCUT2D eigenvalue weighted by Gasteiger charge is -2.08. The van der Waals surface area contributed by atoms with Crippen molar-refractivity contribution in [3.8, 4) is 17.0 Å². The van der Waals surface area contributed by atoms with Crippen molar-refractivity contribution < 1.29 is 13.9 Å². The highest BCUT2D eigenvalue weighted by Gasteiger charge is 2.15. The zero-order valence-electron chi connectivity index (χ0n) is 16.8. The van der Waals surface area contributed by atoms with Crippen LogP contribution in [0.3, 0.4) is 0 Å². The lowest BCUT2D eigenvalue weighted by Crippen LogP contribution is -2.14. The van der Waals surface area contributed by atoms with Gasteiger partial charge in [0.15, 0.2) is 5.13 Å². The van der Waals surface area contributed by atoms with Crippen LogP contribution in [0.15, 0.2) is 46.4 Å². The molecular formula is C23H22N2O3S. The lowest BCUT2D eigenvalue weighted by atomic mass is 9.98. The molecule has 0 aliphatic carbocycles. The van der Waals surface area contributed by atoms with Crippen molar-refractivity contribution in [2.75, 3.05) is 12.4 Å². The number of aromatic nitrogens is 1. The number of fused-ring (bicyclic) bond motifs is 1. The van der Waals surface area contributed by atoms with Gasteiger partial charge in [-0.1, -0.05) is 17.7 Å². The maximum absolute atomic E-state index is 12.6. The van der Waals surface area contributed by atoms with Crippen LogP contribution in [0.2, 0.25) is 0 Å². The summed E-state index contributed by atoms with van der Waals surface area (Å²) in [6.45, 7) is 6.27. The molecule has 0 unspecified atom stereocenters. The van der Waals surface area contributed by atoms with E-state index in [2.05, 4.69) is 43.2 Å². The summed E-state index contributed by atoms with van der Waals surface area (Å²) in [5, 5.41) is 6.40. The Hall–Kier alpha value is -3.12. The second kappa shape index (κ2) is 7.72. The monoisotopic (exact) mass is 406 g/mol. The van der Waals surface area contributed by atoms with Crippen LogP contribution >= 0.6 is 11.3 Å². The van der Waals surface area contributed by atoms with Gasteiger partial charge in [0.2, 0.25) is 5.91 Å². The summed E-state index contributed by atoms with van der Waals surface area (Å²) in [4.78, 5) is 17.2. The maximum atomic E-state index is 12.6. The molecule has 0 saturated carbocycles. The highest BCUT2D eigenvalue weighted by atomic mass is 32.1. The van der Waals surface area contributed by atoms with E-state index in [9.17, 15) is 4.79 Å². The first-order chi connectivity index (χ1) is 13.9. The summed E-state index contributed by atoms with van der Waals surface area (Å²) in [5.74, 6) is 0.599. The van der Waals surface area contributed by atoms with Crippen LogP contribution in [0.4, 0.5) is 5.13 Å². The molecule has 2 aromatic heterocycles. The van der Waals surface area contributed by atoms with Crippen molar-refractivity contribution in [2.24, 2.45) is 0 Å². The molecule has 5 nitrogen and oxygen atoms in total. The molecule has 1 N–H and O–H groups in total. The van der Waals surface area contributed by atoms with E-state index in [1.165, 1.54) is 28.0 Å². The van der Waals surface area contributed by atoms with Gasteiger partial charge in [0, 0.05) is 28.0 Å². The average Bonchev–Trinajstić information content (AvgIpc) is 3.28. The Morgan fingerprint density at radius 1 is 1.17 bits per heavy atom. The molecule has 0 aliphatic rings. The Kier molecular flexibility index (Phi) is 5.11. The molecule has 0 saturated heterocycles. The van der Waals surface area contributed by atoms with Crippen molar-refractivity contribution in [1.29, 1.82) is 0 Å². The van der Waals surface area contributed by atoms with E-state index in [-0.39, 0.29) is 12.3 Å². The summed E-state index contributed by atoms with van der Waals surface area (Å²) >= 11 is 1.43. The number of aryl methyl sites for hydroxylation is 3. The first kappa shape index (κ1) is 19.2. The van der Waals surface area contributed by atoms with Gasteiger partial charge in [0.25, 0.3) is 0 Å². The van der Waals surface area contributed by atoms with E-state index in [0.29, 0.717) is 10.7 Å². The first-order valence-corrected chi connectivity index (χ1v) is 10.2. The van der Waals surface area contributed by atoms with Crippen LogP contribution in [0.25, 0.3) is 22.2 Å². The number of thiazole rings is 1. The highest BCUT2D eigenvalue weighted by Crippen LogP contribution is 2.31. The number of methoxy groups -OCH3 is 1. The Balaban J connectivity index is 1.50. The topological polar surface area (TPSA) is 64.4 Å². The van der Waals surface area contributed by atoms with Crippen LogP contribution in [0.1, 0.15) is 22.3 Å². The molecule has 29 heavy (non-hydrogen) atoms. The largest absolute Gasteiger partial charge is 0.497 e. The number of carbonyl (C=O) groups excluding carboxylic acids is 1. The zero-order valence-corrected chi connectivity index (χ0v) is 17.6. The quantitative estimate of drug-likeness (QED) is 0.464. The molecule has 0 aliphatic heterocycles. The molecule has 4 rings (SSSR count). The minimum absolute atomic E-state index is 0.123. The van der Waals surface area contributed by atoms with Crippen molar-refractivity contribution in [1.82, 2.24) is 4.98 Å². The normalized spacial score (nSPS) is 11.0. The van der Waals surface area contributed by atoms with Gasteiger partial charge in [-0.2, -0.15) is 0 Å². The van der Waals surface area contributed by atoms with Gasteiger partial charge in [-0.05, 0) is 44.0 Å². The maximum Gasteiger partial charge on any atom is 0.230 e. The SMILES string of the molecule is COc1ccc2c(CC(=O)Nc3nc(-c4c(C)cc(C)cc4C)cs3)coc2c1. The number of amides is 1. The predicted octanol–water partition coefficient (Wildman–Crippen LogP) is 5.67. The molecule has 0 radical (unpaired) electrons. The van der Waals surface area contributed by atoms with Crippen LogP contribution in [-0.2, 0) is 11.2 Å². The number of hydrogen-bond acceptors (Lipinski definition) is 5. The van der Waals surface area contributed by atoms with Crippen LogP contribution in [-0.4, -0.2) is 18.0 Å². The third kappa shape index (κ3) is 3.89. The van der Waals surface area contributed by atoms with Gasteiger partial charge >= 0.3 is 0 Å². The van der Waals surface area contributed by atoms with Gasteiger partial charge in [-0.3, -0.25) is 4.79 Å². The van der Waals surface area contributed by atoms with Crippen LogP contribution in [0, 0.1) is 20.8 Å². The molecule has 0 fully saturated rings. The number of ether oxygens (including phenoxy) is 1. The average molecular weight is 407 g/mol. The van der Waals surface area contributed by atoms with Crippen molar-refractivity contribution in [3.63, 3.8) is 0 Å². The Labute approximate surface area is 173 Å². The smallest absolute Gasteiger partial charge is 0.230 e. The van der Waals surface area contributed by atoms with Gasteiger partial charge in [0.1, 0.15) is 11.3 Å². The Morgan fingerprint density at radius 2 is 1.93 bits per heavy atom. The van der Waals surface area contributed by atoms with Gasteiger partial charge < -0.3 is 14.5 Å². The molecule has 6 heteroatoms. The van der Waals surface area contributed by atoms with Crippen molar-refractivity contribution >= 4 is 33.3 Å². The van der Waals surface area contributed by atoms with E-state index < -0.39 is 0 Å². The summed E-state index contributed by atoms with van der Waals surface area (Å²) in [7, 11) is 1.61. The first-order valence-electron chi connectivity index (χ1n) is 9.32. The number of nitrogens with one attached hydrogen (secondary N) is 1. The van der Waals surface area contributed by atoms with Gasteiger partial charge in [-0.15, -0.1) is 11.3 Å². The van der Waals surface area contributed by atoms with E-state index >= 15 is 0 Å². The highest BCUT2D eigenvalue weighted by molar-refractivity contribution is 7.14. The van der Waals surface area contributed by atoms with Crippen molar-refractivity contribution in [3.05, 3.63) is 64.2 Å². The molecule has 0 bridgehead atoms. The number of furan rings is 1. The number of nitrogens with zero attached hydrogens (tertiary/aromatic N) is 1. The molecule has 0 atom stereocenters. The predicted molar refractivity (Wildman–Crippen MR) is 117 cm³/mol. The van der Waals surface area contributed by atoms with Crippen LogP contribution < -0.4 is 10.1 Å². The molecule has 2 aromatic carbocycles. The lowest BCUT2D eigenvalue weighted by molar-refractivity contribution is -0.115. The second-order valence-electron chi connectivity index (χ2n) is 7.16. The third-order valence-electron chi connectivity index (χ3n) is 4.90. The number of carbonyl (C=O) groups is 1. The molecule has 148 valence electrons. The van der Waals surface area contributed by atoms with Crippen molar-refractivity contribution in [2.45, 2.75) is 27.2 Å². The second-order valence-corrected chi connectivity index (χ2v) is 8.02. The fourth-order valence-electron chi connectivity index (χ4n) is 3.69. The number of anilines is 1. The number of hydrogen-bond donors (Lipinski definition) is 1. The summed E-state index contributed by atoms with van der Waals surface area (Å²) in [6.07, 6.45) is 1.84. The number of benzene rings is 2. The standard InChI is InChI=1S/C23H22N2O3S/c1-13-7-14(2)22(15(3)8-13)19-12-29-23(24-19)25-21(26)9-16-11-28-20-10-17(27-4)5-6-18(16)20/h5-8,10-12H,9H2,1-4H3,(H,24,25,26). The zero-order chi connectivity index (χ0) is 20.5. The molecule has 1 amide bonds. The van der Waals surface area contributed by atoms with Crippen LogP contribution in [0.5, 0.6) is 5.75 Å². The molecule has 4 aromatic rings. The van der Waals surface area contributed by atoms with E-state index in [1.807, 2.05) is 23.6 Å². The summed E-state index contributed by atoms with van der Waals surface area (Å²) in [5.41, 5.74) is 7.16. The summed E-state index contributed by atoms with van der Waals surface area (Å²) in [6, 6.07) is 9.89. The molecule has 2 heterocycles. The third-order valence-corrected chi connectivity index (χ3v) is 5.66. The number of rotatable bonds is 5. The molecule has 0 spiro atoms.